The number of hydrogen-bond acceptors (Lipinski definition) is 4. The van der Waals surface area contributed by atoms with Crippen molar-refractivity contribution in [3.05, 3.63) is 46.7 Å². The molecule has 1 heterocycles. The highest BCUT2D eigenvalue weighted by Gasteiger charge is 2.02. The Bertz CT molecular complexity index is 538. The molecule has 5 heteroatoms. The summed E-state index contributed by atoms with van der Waals surface area (Å²) in [5.74, 6) is 0.837. The van der Waals surface area contributed by atoms with Crippen molar-refractivity contribution >= 4 is 22.9 Å². The van der Waals surface area contributed by atoms with E-state index in [1.54, 1.807) is 23.5 Å². The van der Waals surface area contributed by atoms with Crippen molar-refractivity contribution in [2.75, 3.05) is 18.9 Å². The molecule has 112 valence electrons. The SMILES string of the molecule is Nc1ccc(OCCNC(=O)CCCc2cccs2)cc1. The summed E-state index contributed by atoms with van der Waals surface area (Å²) < 4.78 is 5.51. The van der Waals surface area contributed by atoms with Gasteiger partial charge in [-0.05, 0) is 48.6 Å². The quantitative estimate of drug-likeness (QED) is 0.582. The highest BCUT2D eigenvalue weighted by Crippen LogP contribution is 2.13. The molecular formula is C16H20N2O2S. The lowest BCUT2D eigenvalue weighted by Gasteiger charge is -2.08. The van der Waals surface area contributed by atoms with E-state index in [9.17, 15) is 4.79 Å². The van der Waals surface area contributed by atoms with Gasteiger partial charge in [-0.1, -0.05) is 6.07 Å². The molecule has 2 rings (SSSR count). The summed E-state index contributed by atoms with van der Waals surface area (Å²) in [6, 6.07) is 11.4. The lowest BCUT2D eigenvalue weighted by Crippen LogP contribution is -2.27. The number of aryl methyl sites for hydroxylation is 1. The lowest BCUT2D eigenvalue weighted by atomic mass is 10.2. The summed E-state index contributed by atoms with van der Waals surface area (Å²) >= 11 is 1.73. The predicted molar refractivity (Wildman–Crippen MR) is 86.6 cm³/mol. The zero-order chi connectivity index (χ0) is 14.9. The summed E-state index contributed by atoms with van der Waals surface area (Å²) in [5, 5.41) is 4.92. The maximum atomic E-state index is 11.6. The normalized spacial score (nSPS) is 10.3. The van der Waals surface area contributed by atoms with Crippen LogP contribution in [0.25, 0.3) is 0 Å². The topological polar surface area (TPSA) is 64.3 Å². The second-order valence-corrected chi connectivity index (χ2v) is 5.73. The molecule has 0 aliphatic carbocycles. The molecule has 3 N–H and O–H groups in total. The molecule has 4 nitrogen and oxygen atoms in total. The average molecular weight is 304 g/mol. The van der Waals surface area contributed by atoms with E-state index in [0.717, 1.165) is 18.6 Å². The molecule has 0 spiro atoms. The number of carbonyl (C=O) groups excluding carboxylic acids is 1. The molecule has 0 saturated heterocycles. The largest absolute Gasteiger partial charge is 0.492 e. The van der Waals surface area contributed by atoms with E-state index in [-0.39, 0.29) is 5.91 Å². The minimum absolute atomic E-state index is 0.0764. The molecule has 0 fully saturated rings. The Morgan fingerprint density at radius 1 is 1.24 bits per heavy atom. The minimum atomic E-state index is 0.0764. The number of nitrogen functional groups attached to an aromatic ring is 1. The van der Waals surface area contributed by atoms with Gasteiger partial charge in [-0.15, -0.1) is 11.3 Å². The third-order valence-electron chi connectivity index (χ3n) is 2.98. The van der Waals surface area contributed by atoms with Gasteiger partial charge in [-0.25, -0.2) is 0 Å². The number of benzene rings is 1. The Hall–Kier alpha value is -2.01. The minimum Gasteiger partial charge on any atom is -0.492 e. The molecule has 0 bridgehead atoms. The Morgan fingerprint density at radius 2 is 2.05 bits per heavy atom. The first-order valence-electron chi connectivity index (χ1n) is 7.01. The third kappa shape index (κ3) is 5.87. The number of hydrogen-bond donors (Lipinski definition) is 2. The number of amides is 1. The first-order valence-corrected chi connectivity index (χ1v) is 7.89. The second-order valence-electron chi connectivity index (χ2n) is 4.70. The zero-order valence-corrected chi connectivity index (χ0v) is 12.7. The van der Waals surface area contributed by atoms with Crippen LogP contribution in [0.3, 0.4) is 0 Å². The molecule has 0 radical (unpaired) electrons. The number of nitrogens with two attached hydrogens (primary N) is 1. The molecule has 1 aromatic carbocycles. The maximum Gasteiger partial charge on any atom is 0.220 e. The van der Waals surface area contributed by atoms with Gasteiger partial charge in [-0.3, -0.25) is 4.79 Å². The summed E-state index contributed by atoms with van der Waals surface area (Å²) in [6.45, 7) is 0.975. The molecule has 21 heavy (non-hydrogen) atoms. The van der Waals surface area contributed by atoms with Gasteiger partial charge in [0, 0.05) is 17.0 Å². The van der Waals surface area contributed by atoms with Gasteiger partial charge < -0.3 is 15.8 Å². The van der Waals surface area contributed by atoms with Crippen LogP contribution >= 0.6 is 11.3 Å². The monoisotopic (exact) mass is 304 g/mol. The van der Waals surface area contributed by atoms with Crippen LogP contribution in [0.5, 0.6) is 5.75 Å². The van der Waals surface area contributed by atoms with Gasteiger partial charge in [-0.2, -0.15) is 0 Å². The zero-order valence-electron chi connectivity index (χ0n) is 11.9. The third-order valence-corrected chi connectivity index (χ3v) is 3.92. The number of ether oxygens (including phenoxy) is 1. The molecule has 0 saturated carbocycles. The van der Waals surface area contributed by atoms with Crippen LogP contribution in [0.1, 0.15) is 17.7 Å². The van der Waals surface area contributed by atoms with Gasteiger partial charge in [0.2, 0.25) is 5.91 Å². The molecule has 0 aliphatic heterocycles. The van der Waals surface area contributed by atoms with E-state index < -0.39 is 0 Å². The smallest absolute Gasteiger partial charge is 0.220 e. The summed E-state index contributed by atoms with van der Waals surface area (Å²) in [6.07, 6.45) is 2.40. The van der Waals surface area contributed by atoms with Gasteiger partial charge in [0.15, 0.2) is 0 Å². The number of rotatable bonds is 8. The highest BCUT2D eigenvalue weighted by molar-refractivity contribution is 7.09. The van der Waals surface area contributed by atoms with Crippen LogP contribution in [0.15, 0.2) is 41.8 Å². The Kier molecular flexibility index (Phi) is 6.09. The number of nitrogens with one attached hydrogen (secondary N) is 1. The first-order chi connectivity index (χ1) is 10.2. The number of carbonyl (C=O) groups is 1. The predicted octanol–water partition coefficient (Wildman–Crippen LogP) is 2.85. The van der Waals surface area contributed by atoms with Crippen molar-refractivity contribution in [3.63, 3.8) is 0 Å². The van der Waals surface area contributed by atoms with E-state index in [4.69, 9.17) is 10.5 Å². The molecule has 1 amide bonds. The molecular weight excluding hydrogens is 284 g/mol. The molecule has 1 aromatic heterocycles. The maximum absolute atomic E-state index is 11.6. The highest BCUT2D eigenvalue weighted by atomic mass is 32.1. The van der Waals surface area contributed by atoms with Crippen LogP contribution in [-0.4, -0.2) is 19.1 Å². The Balaban J connectivity index is 1.53. The Labute approximate surface area is 128 Å². The fourth-order valence-corrected chi connectivity index (χ4v) is 2.64. The molecule has 0 unspecified atom stereocenters. The molecule has 0 aliphatic rings. The number of thiophene rings is 1. The van der Waals surface area contributed by atoms with Crippen LogP contribution in [-0.2, 0) is 11.2 Å². The van der Waals surface area contributed by atoms with E-state index in [2.05, 4.69) is 16.8 Å². The van der Waals surface area contributed by atoms with Crippen LogP contribution in [0, 0.1) is 0 Å². The average Bonchev–Trinajstić information content (AvgIpc) is 2.99. The number of anilines is 1. The van der Waals surface area contributed by atoms with E-state index in [1.165, 1.54) is 4.88 Å². The first kappa shape index (κ1) is 15.4. The van der Waals surface area contributed by atoms with Crippen molar-refractivity contribution in [2.45, 2.75) is 19.3 Å². The van der Waals surface area contributed by atoms with Crippen LogP contribution in [0.2, 0.25) is 0 Å². The van der Waals surface area contributed by atoms with E-state index >= 15 is 0 Å². The van der Waals surface area contributed by atoms with Crippen molar-refractivity contribution in [2.24, 2.45) is 0 Å². The van der Waals surface area contributed by atoms with Crippen molar-refractivity contribution in [1.29, 1.82) is 0 Å². The summed E-state index contributed by atoms with van der Waals surface area (Å²) in [5.41, 5.74) is 6.30. The van der Waals surface area contributed by atoms with Gasteiger partial charge in [0.25, 0.3) is 0 Å². The summed E-state index contributed by atoms with van der Waals surface area (Å²) in [4.78, 5) is 13.0. The van der Waals surface area contributed by atoms with E-state index in [1.807, 2.05) is 18.2 Å². The molecule has 0 atom stereocenters. The van der Waals surface area contributed by atoms with Crippen molar-refractivity contribution in [1.82, 2.24) is 5.32 Å². The van der Waals surface area contributed by atoms with Gasteiger partial charge in [0.05, 0.1) is 6.54 Å². The second kappa shape index (κ2) is 8.32. The molecule has 2 aromatic rings. The fraction of sp³-hybridized carbons (Fsp3) is 0.312. The van der Waals surface area contributed by atoms with Gasteiger partial charge >= 0.3 is 0 Å². The van der Waals surface area contributed by atoms with Crippen LogP contribution in [0.4, 0.5) is 5.69 Å². The van der Waals surface area contributed by atoms with Gasteiger partial charge in [0.1, 0.15) is 12.4 Å². The summed E-state index contributed by atoms with van der Waals surface area (Å²) in [7, 11) is 0. The lowest BCUT2D eigenvalue weighted by molar-refractivity contribution is -0.121. The van der Waals surface area contributed by atoms with E-state index in [0.29, 0.717) is 25.3 Å². The van der Waals surface area contributed by atoms with Crippen molar-refractivity contribution < 1.29 is 9.53 Å². The van der Waals surface area contributed by atoms with Crippen LogP contribution < -0.4 is 15.8 Å². The standard InChI is InChI=1S/C16H20N2O2S/c17-13-6-8-14(9-7-13)20-11-10-18-16(19)5-1-3-15-4-2-12-21-15/h2,4,6-9,12H,1,3,5,10-11,17H2,(H,18,19). The van der Waals surface area contributed by atoms with Crippen molar-refractivity contribution in [3.8, 4) is 5.75 Å². The fourth-order valence-electron chi connectivity index (χ4n) is 1.89. The Morgan fingerprint density at radius 3 is 2.76 bits per heavy atom.